The number of aryl methyl sites for hydroxylation is 1. The van der Waals surface area contributed by atoms with Crippen LogP contribution in [0.1, 0.15) is 22.8 Å². The number of aliphatic hydroxyl groups is 6. The molecule has 8 N–H and O–H groups in total. The largest absolute Gasteiger partial charge is 0.462 e. The van der Waals surface area contributed by atoms with E-state index in [0.717, 1.165) is 5.39 Å². The zero-order valence-electron chi connectivity index (χ0n) is 17.5. The van der Waals surface area contributed by atoms with Crippen LogP contribution in [0.2, 0.25) is 0 Å². The van der Waals surface area contributed by atoms with E-state index in [2.05, 4.69) is 0 Å². The predicted molar refractivity (Wildman–Crippen MR) is 110 cm³/mol. The minimum atomic E-state index is -5.44. The lowest BCUT2D eigenvalue weighted by molar-refractivity contribution is -0.243. The van der Waals surface area contributed by atoms with E-state index in [9.17, 15) is 29.5 Å². The Morgan fingerprint density at radius 3 is 2.06 bits per heavy atom. The van der Waals surface area contributed by atoms with E-state index in [4.69, 9.17) is 34.3 Å². The maximum absolute atomic E-state index is 11.7. The first-order valence-electron chi connectivity index (χ1n) is 9.58. The van der Waals surface area contributed by atoms with Crippen molar-refractivity contribution in [2.45, 2.75) is 49.7 Å². The van der Waals surface area contributed by atoms with Crippen LogP contribution in [0, 0.1) is 6.92 Å². The maximum Gasteiger partial charge on any atom is 0.362 e. The van der Waals surface area contributed by atoms with Gasteiger partial charge in [0.1, 0.15) is 41.7 Å². The van der Waals surface area contributed by atoms with Crippen LogP contribution < -0.4 is 5.63 Å². The van der Waals surface area contributed by atoms with E-state index in [0.29, 0.717) is 11.1 Å². The smallest absolute Gasteiger partial charge is 0.362 e. The molecule has 1 aliphatic rings. The monoisotopic (exact) mass is 492 g/mol. The summed E-state index contributed by atoms with van der Waals surface area (Å²) in [7, 11) is -5.44. The van der Waals surface area contributed by atoms with E-state index >= 15 is 0 Å². The molecule has 184 valence electrons. The van der Waals surface area contributed by atoms with E-state index in [1.165, 1.54) is 0 Å². The molecule has 1 heterocycles. The Labute approximate surface area is 186 Å². The Morgan fingerprint density at radius 2 is 1.58 bits per heavy atom. The van der Waals surface area contributed by atoms with Crippen molar-refractivity contribution in [3.05, 3.63) is 45.8 Å². The molecule has 6 atom stereocenters. The molecule has 1 aliphatic carbocycles. The lowest BCUT2D eigenvalue weighted by Crippen LogP contribution is -2.70. The zero-order valence-corrected chi connectivity index (χ0v) is 18.4. The highest BCUT2D eigenvalue weighted by molar-refractivity contribution is 7.53. The Balaban J connectivity index is 0.000000234. The van der Waals surface area contributed by atoms with Crippen LogP contribution >= 0.6 is 7.60 Å². The zero-order chi connectivity index (χ0) is 25.3. The molecule has 0 amide bonds. The van der Waals surface area contributed by atoms with Crippen LogP contribution in [0.5, 0.6) is 0 Å². The topological polar surface area (TPSA) is 235 Å². The second kappa shape index (κ2) is 9.97. The van der Waals surface area contributed by atoms with Crippen molar-refractivity contribution >= 4 is 24.5 Å². The molecule has 1 aromatic heterocycles. The Bertz CT molecular complexity index is 1090. The first kappa shape index (κ1) is 27.1. The van der Waals surface area contributed by atoms with E-state index in [-0.39, 0.29) is 12.2 Å². The van der Waals surface area contributed by atoms with Crippen molar-refractivity contribution in [1.29, 1.82) is 0 Å². The number of carbonyl (C=O) groups excluding carboxylic acids is 1. The first-order valence-corrected chi connectivity index (χ1v) is 11.2. The van der Waals surface area contributed by atoms with Crippen molar-refractivity contribution < 1.29 is 58.9 Å². The summed E-state index contributed by atoms with van der Waals surface area (Å²) in [6, 6.07) is 7.09. The molecule has 3 rings (SSSR count). The van der Waals surface area contributed by atoms with Gasteiger partial charge in [0.15, 0.2) is 0 Å². The highest BCUT2D eigenvalue weighted by atomic mass is 31.2. The van der Waals surface area contributed by atoms with Gasteiger partial charge in [0.2, 0.25) is 5.34 Å². The van der Waals surface area contributed by atoms with Gasteiger partial charge in [0, 0.05) is 5.39 Å². The third-order valence-corrected chi connectivity index (χ3v) is 6.70. The lowest BCUT2D eigenvalue weighted by Gasteiger charge is -2.47. The second-order valence-corrected chi connectivity index (χ2v) is 9.10. The number of ether oxygens (including phenoxy) is 1. The summed E-state index contributed by atoms with van der Waals surface area (Å²) < 4.78 is 20.9. The molecular formula is C19H25O13P. The van der Waals surface area contributed by atoms with Gasteiger partial charge < -0.3 is 49.6 Å². The normalized spacial score (nSPS) is 29.8. The molecule has 1 saturated carbocycles. The van der Waals surface area contributed by atoms with Crippen LogP contribution in [0.3, 0.4) is 0 Å². The molecule has 0 spiro atoms. The van der Waals surface area contributed by atoms with Crippen molar-refractivity contribution in [2.75, 3.05) is 6.61 Å². The number of aliphatic hydroxyl groups excluding tert-OH is 5. The summed E-state index contributed by atoms with van der Waals surface area (Å²) in [5.41, 5.74) is 0.392. The van der Waals surface area contributed by atoms with Gasteiger partial charge in [-0.1, -0.05) is 18.2 Å². The number of hydrogen-bond acceptors (Lipinski definition) is 11. The minimum Gasteiger partial charge on any atom is -0.462 e. The quantitative estimate of drug-likeness (QED) is 0.131. The summed E-state index contributed by atoms with van der Waals surface area (Å²) in [4.78, 5) is 41.0. The van der Waals surface area contributed by atoms with E-state index < -0.39 is 55.1 Å². The van der Waals surface area contributed by atoms with Gasteiger partial charge in [0.25, 0.3) is 0 Å². The molecule has 33 heavy (non-hydrogen) atoms. The molecule has 0 saturated heterocycles. The molecule has 14 heteroatoms. The first-order chi connectivity index (χ1) is 15.2. The van der Waals surface area contributed by atoms with Gasteiger partial charge in [-0.3, -0.25) is 4.57 Å². The van der Waals surface area contributed by atoms with Gasteiger partial charge in [-0.05, 0) is 25.5 Å². The highest BCUT2D eigenvalue weighted by Crippen LogP contribution is 2.55. The van der Waals surface area contributed by atoms with Gasteiger partial charge in [-0.15, -0.1) is 0 Å². The number of fused-ring (bicyclic) bond motifs is 1. The number of hydrogen-bond donors (Lipinski definition) is 8. The van der Waals surface area contributed by atoms with Crippen LogP contribution in [0.4, 0.5) is 0 Å². The summed E-state index contributed by atoms with van der Waals surface area (Å²) in [6.45, 7) is 3.63. The predicted octanol–water partition coefficient (Wildman–Crippen LogP) is -2.05. The molecule has 13 nitrogen and oxygen atoms in total. The molecule has 1 aromatic carbocycles. The number of esters is 1. The fraction of sp³-hybridized carbons (Fsp3) is 0.474. The number of benzene rings is 1. The molecule has 1 fully saturated rings. The summed E-state index contributed by atoms with van der Waals surface area (Å²) in [5, 5.41) is 52.8. The number of para-hydroxylation sites is 1. The third kappa shape index (κ3) is 4.87. The number of rotatable bonds is 3. The van der Waals surface area contributed by atoms with Crippen LogP contribution in [-0.4, -0.2) is 88.9 Å². The van der Waals surface area contributed by atoms with Gasteiger partial charge in [-0.2, -0.15) is 0 Å². The maximum atomic E-state index is 11.7. The summed E-state index contributed by atoms with van der Waals surface area (Å²) >= 11 is 0. The molecule has 0 aliphatic heterocycles. The summed E-state index contributed by atoms with van der Waals surface area (Å²) in [5.74, 6) is -0.635. The van der Waals surface area contributed by atoms with Gasteiger partial charge in [-0.25, -0.2) is 9.59 Å². The summed E-state index contributed by atoms with van der Waals surface area (Å²) in [6.07, 6.45) is -11.4. The van der Waals surface area contributed by atoms with Crippen molar-refractivity contribution in [1.82, 2.24) is 0 Å². The fourth-order valence-electron chi connectivity index (χ4n) is 3.34. The second-order valence-electron chi connectivity index (χ2n) is 7.29. The van der Waals surface area contributed by atoms with Crippen molar-refractivity contribution in [3.63, 3.8) is 0 Å². The van der Waals surface area contributed by atoms with E-state index in [1.807, 2.05) is 6.07 Å². The minimum absolute atomic E-state index is 0.0226. The van der Waals surface area contributed by atoms with Gasteiger partial charge in [0.05, 0.1) is 6.61 Å². The average Bonchev–Trinajstić information content (AvgIpc) is 2.75. The van der Waals surface area contributed by atoms with Crippen LogP contribution in [0.15, 0.2) is 33.5 Å². The SMILES string of the molecule is CCOC(=O)c1c(C)c2ccccc2oc1=O.O=P(O)(O)C1(O)[C@H](O)[C@H](O)C(O)[C@H](O)[C@H]1O. The lowest BCUT2D eigenvalue weighted by atomic mass is 9.84. The number of carbonyl (C=O) groups is 1. The third-order valence-electron chi connectivity index (χ3n) is 5.24. The average molecular weight is 492 g/mol. The molecular weight excluding hydrogens is 467 g/mol. The standard InChI is InChI=1S/C13H12O4.C6H13O9P/c1-3-16-12(14)11-8(2)9-6-4-5-7-10(9)17-13(11)15;7-1-2(8)4(10)6(12,16(13,14)15)5(11)3(1)9/h4-7H,3H2,1-2H3;1-5,7-12H,(H2,13,14,15)/t;1?,2-,3+,4-,5-,6?/m.1/s1. The van der Waals surface area contributed by atoms with Crippen molar-refractivity contribution in [3.8, 4) is 0 Å². The van der Waals surface area contributed by atoms with Crippen LogP contribution in [-0.2, 0) is 9.30 Å². The fourth-order valence-corrected chi connectivity index (χ4v) is 4.34. The Hall–Kier alpha value is -2.19. The highest BCUT2D eigenvalue weighted by Gasteiger charge is 2.66. The molecule has 0 bridgehead atoms. The Kier molecular flexibility index (Phi) is 8.18. The van der Waals surface area contributed by atoms with Crippen LogP contribution in [0.25, 0.3) is 11.0 Å². The molecule has 2 unspecified atom stereocenters. The molecule has 0 radical (unpaired) electrons. The molecule has 2 aromatic rings. The van der Waals surface area contributed by atoms with Crippen molar-refractivity contribution in [2.24, 2.45) is 0 Å². The van der Waals surface area contributed by atoms with Gasteiger partial charge >= 0.3 is 19.2 Å². The van der Waals surface area contributed by atoms with E-state index in [1.54, 1.807) is 32.0 Å². The Morgan fingerprint density at radius 1 is 1.06 bits per heavy atom.